The average Bonchev–Trinajstić information content (AvgIpc) is 2.26. The Morgan fingerprint density at radius 3 is 2.69 bits per heavy atom. The normalized spacial score (nSPS) is 12.2. The molecule has 1 aromatic rings. The lowest BCUT2D eigenvalue weighted by Crippen LogP contribution is -2.11. The zero-order chi connectivity index (χ0) is 12.3. The lowest BCUT2D eigenvalue weighted by molar-refractivity contribution is -0.385. The number of pyridine rings is 1. The minimum Gasteiger partial charge on any atom is -0.299 e. The Bertz CT molecular complexity index is 429. The molecule has 1 rings (SSSR count). The first kappa shape index (κ1) is 12.3. The first-order valence-electron chi connectivity index (χ1n) is 5.11. The summed E-state index contributed by atoms with van der Waals surface area (Å²) in [6.45, 7) is 5.29. The Morgan fingerprint density at radius 2 is 2.25 bits per heavy atom. The van der Waals surface area contributed by atoms with E-state index in [9.17, 15) is 14.9 Å². The van der Waals surface area contributed by atoms with Crippen molar-refractivity contribution in [1.82, 2.24) is 4.98 Å². The molecule has 16 heavy (non-hydrogen) atoms. The van der Waals surface area contributed by atoms with Crippen LogP contribution < -0.4 is 0 Å². The number of carbonyl (C=O) groups excluding carboxylic acids is 1. The number of aromatic nitrogens is 1. The van der Waals surface area contributed by atoms with Crippen LogP contribution in [0.15, 0.2) is 12.3 Å². The average molecular weight is 222 g/mol. The fourth-order valence-electron chi connectivity index (χ4n) is 1.58. The maximum atomic E-state index is 11.5. The molecule has 0 aliphatic rings. The molecule has 1 aromatic heterocycles. The molecule has 0 N–H and O–H groups in total. The molecule has 0 aromatic carbocycles. The van der Waals surface area contributed by atoms with Gasteiger partial charge < -0.3 is 0 Å². The first-order valence-corrected chi connectivity index (χ1v) is 5.11. The van der Waals surface area contributed by atoms with E-state index < -0.39 is 4.92 Å². The quantitative estimate of drug-likeness (QED) is 0.579. The van der Waals surface area contributed by atoms with Crippen molar-refractivity contribution in [2.45, 2.75) is 33.1 Å². The van der Waals surface area contributed by atoms with Gasteiger partial charge in [0.25, 0.3) is 5.69 Å². The molecule has 0 saturated carbocycles. The van der Waals surface area contributed by atoms with Crippen molar-refractivity contribution in [2.24, 2.45) is 0 Å². The summed E-state index contributed by atoms with van der Waals surface area (Å²) in [7, 11) is 0. The van der Waals surface area contributed by atoms with Crippen molar-refractivity contribution < 1.29 is 9.72 Å². The van der Waals surface area contributed by atoms with Gasteiger partial charge in [-0.05, 0) is 19.4 Å². The maximum Gasteiger partial charge on any atom is 0.287 e. The molecule has 0 fully saturated rings. The van der Waals surface area contributed by atoms with Gasteiger partial charge in [-0.1, -0.05) is 6.92 Å². The number of nitro groups is 1. The van der Waals surface area contributed by atoms with E-state index >= 15 is 0 Å². The van der Waals surface area contributed by atoms with E-state index in [-0.39, 0.29) is 17.4 Å². The van der Waals surface area contributed by atoms with Crippen LogP contribution in [0, 0.1) is 17.0 Å². The van der Waals surface area contributed by atoms with E-state index in [2.05, 4.69) is 4.98 Å². The van der Waals surface area contributed by atoms with E-state index in [1.165, 1.54) is 12.3 Å². The van der Waals surface area contributed by atoms with Crippen molar-refractivity contribution in [3.8, 4) is 0 Å². The predicted molar refractivity (Wildman–Crippen MR) is 59.3 cm³/mol. The third-order valence-corrected chi connectivity index (χ3v) is 2.56. The van der Waals surface area contributed by atoms with Crippen LogP contribution in [-0.2, 0) is 4.79 Å². The Hall–Kier alpha value is -1.78. The number of hydrogen-bond donors (Lipinski definition) is 0. The Balaban J connectivity index is 3.08. The van der Waals surface area contributed by atoms with Crippen molar-refractivity contribution in [2.75, 3.05) is 0 Å². The Labute approximate surface area is 93.7 Å². The summed E-state index contributed by atoms with van der Waals surface area (Å²) in [5, 5.41) is 10.5. The molecule has 5 nitrogen and oxygen atoms in total. The van der Waals surface area contributed by atoms with Crippen LogP contribution in [-0.4, -0.2) is 15.7 Å². The minimum atomic E-state index is -0.490. The zero-order valence-corrected chi connectivity index (χ0v) is 9.56. The van der Waals surface area contributed by atoms with Gasteiger partial charge in [-0.2, -0.15) is 0 Å². The van der Waals surface area contributed by atoms with Crippen LogP contribution in [0.25, 0.3) is 0 Å². The molecule has 0 saturated heterocycles. The van der Waals surface area contributed by atoms with Crippen LogP contribution in [0.1, 0.15) is 37.4 Å². The SMILES string of the molecule is CCC(=O)C(C)c1ncc([N+](=O)[O-])cc1C. The Kier molecular flexibility index (Phi) is 3.71. The molecule has 5 heteroatoms. The molecule has 1 atom stereocenters. The van der Waals surface area contributed by atoms with Gasteiger partial charge in [0.1, 0.15) is 12.0 Å². The van der Waals surface area contributed by atoms with Crippen LogP contribution in [0.4, 0.5) is 5.69 Å². The van der Waals surface area contributed by atoms with Crippen LogP contribution in [0.2, 0.25) is 0 Å². The number of hydrogen-bond acceptors (Lipinski definition) is 4. The maximum absolute atomic E-state index is 11.5. The molecule has 0 aliphatic heterocycles. The van der Waals surface area contributed by atoms with Gasteiger partial charge in [-0.3, -0.25) is 19.9 Å². The summed E-state index contributed by atoms with van der Waals surface area (Å²) in [5.74, 6) is -0.213. The molecule has 0 aliphatic carbocycles. The molecule has 1 heterocycles. The Morgan fingerprint density at radius 1 is 1.62 bits per heavy atom. The highest BCUT2D eigenvalue weighted by Crippen LogP contribution is 2.22. The second kappa shape index (κ2) is 4.83. The van der Waals surface area contributed by atoms with Gasteiger partial charge in [-0.25, -0.2) is 0 Å². The van der Waals surface area contributed by atoms with E-state index in [1.807, 2.05) is 0 Å². The standard InChI is InChI=1S/C11H14N2O3/c1-4-10(14)8(3)11-7(2)5-9(6-12-11)13(15)16/h5-6,8H,4H2,1-3H3. The van der Waals surface area contributed by atoms with Gasteiger partial charge in [0.15, 0.2) is 0 Å². The number of aryl methyl sites for hydroxylation is 1. The fourth-order valence-corrected chi connectivity index (χ4v) is 1.58. The summed E-state index contributed by atoms with van der Waals surface area (Å²) < 4.78 is 0. The van der Waals surface area contributed by atoms with E-state index in [4.69, 9.17) is 0 Å². The first-order chi connectivity index (χ1) is 7.47. The van der Waals surface area contributed by atoms with Gasteiger partial charge in [0, 0.05) is 12.5 Å². The summed E-state index contributed by atoms with van der Waals surface area (Å²) in [6.07, 6.45) is 1.64. The highest BCUT2D eigenvalue weighted by atomic mass is 16.6. The largest absolute Gasteiger partial charge is 0.299 e. The van der Waals surface area contributed by atoms with Gasteiger partial charge >= 0.3 is 0 Å². The molecule has 0 bridgehead atoms. The van der Waals surface area contributed by atoms with E-state index in [0.29, 0.717) is 17.7 Å². The van der Waals surface area contributed by atoms with Gasteiger partial charge in [0.05, 0.1) is 16.5 Å². The lowest BCUT2D eigenvalue weighted by atomic mass is 9.97. The van der Waals surface area contributed by atoms with Crippen molar-refractivity contribution in [3.05, 3.63) is 33.6 Å². The minimum absolute atomic E-state index is 0.0441. The summed E-state index contributed by atoms with van der Waals surface area (Å²) >= 11 is 0. The van der Waals surface area contributed by atoms with Crippen molar-refractivity contribution in [3.63, 3.8) is 0 Å². The summed E-state index contributed by atoms with van der Waals surface area (Å²) in [5.41, 5.74) is 1.26. The number of nitrogens with zero attached hydrogens (tertiary/aromatic N) is 2. The van der Waals surface area contributed by atoms with Gasteiger partial charge in [0.2, 0.25) is 0 Å². The summed E-state index contributed by atoms with van der Waals surface area (Å²) in [6, 6.07) is 1.45. The molecular weight excluding hydrogens is 208 g/mol. The van der Waals surface area contributed by atoms with E-state index in [0.717, 1.165) is 0 Å². The number of rotatable bonds is 4. The number of ketones is 1. The third-order valence-electron chi connectivity index (χ3n) is 2.56. The summed E-state index contributed by atoms with van der Waals surface area (Å²) in [4.78, 5) is 25.5. The van der Waals surface area contributed by atoms with Gasteiger partial charge in [-0.15, -0.1) is 0 Å². The lowest BCUT2D eigenvalue weighted by Gasteiger charge is -2.10. The van der Waals surface area contributed by atoms with Crippen LogP contribution in [0.5, 0.6) is 0 Å². The zero-order valence-electron chi connectivity index (χ0n) is 9.56. The molecule has 1 unspecified atom stereocenters. The molecule has 86 valence electrons. The van der Waals surface area contributed by atoms with Crippen LogP contribution in [0.3, 0.4) is 0 Å². The number of Topliss-reactive ketones (excluding diaryl/α,β-unsaturated/α-hetero) is 1. The molecule has 0 amide bonds. The van der Waals surface area contributed by atoms with E-state index in [1.54, 1.807) is 20.8 Å². The topological polar surface area (TPSA) is 73.1 Å². The molecule has 0 radical (unpaired) electrons. The third kappa shape index (κ3) is 2.42. The predicted octanol–water partition coefficient (Wildman–Crippen LogP) is 2.38. The van der Waals surface area contributed by atoms with Crippen molar-refractivity contribution in [1.29, 1.82) is 0 Å². The smallest absolute Gasteiger partial charge is 0.287 e. The second-order valence-corrected chi connectivity index (χ2v) is 3.69. The highest BCUT2D eigenvalue weighted by Gasteiger charge is 2.18. The van der Waals surface area contributed by atoms with Crippen LogP contribution >= 0.6 is 0 Å². The monoisotopic (exact) mass is 222 g/mol. The number of carbonyl (C=O) groups is 1. The molecule has 0 spiro atoms. The van der Waals surface area contributed by atoms with Crippen molar-refractivity contribution >= 4 is 11.5 Å². The second-order valence-electron chi connectivity index (χ2n) is 3.69. The molecular formula is C11H14N2O3. The highest BCUT2D eigenvalue weighted by molar-refractivity contribution is 5.84. The fraction of sp³-hybridized carbons (Fsp3) is 0.455.